The Kier molecular flexibility index (Phi) is 5.61. The van der Waals surface area contributed by atoms with Crippen molar-refractivity contribution in [2.24, 2.45) is 0 Å². The van der Waals surface area contributed by atoms with Gasteiger partial charge >= 0.3 is 0 Å². The number of aryl methyl sites for hydroxylation is 1. The van der Waals surface area contributed by atoms with Crippen molar-refractivity contribution in [1.82, 2.24) is 5.32 Å². The summed E-state index contributed by atoms with van der Waals surface area (Å²) in [7, 11) is 0. The van der Waals surface area contributed by atoms with Crippen LogP contribution in [0.25, 0.3) is 0 Å². The van der Waals surface area contributed by atoms with E-state index >= 15 is 0 Å². The van der Waals surface area contributed by atoms with Gasteiger partial charge in [0.05, 0.1) is 0 Å². The van der Waals surface area contributed by atoms with Crippen molar-refractivity contribution in [2.45, 2.75) is 39.2 Å². The maximum absolute atomic E-state index is 12.3. The van der Waals surface area contributed by atoms with E-state index in [1.807, 2.05) is 18.2 Å². The molecule has 6 heteroatoms. The standard InChI is InChI=1S/C20H25N3O3/c1-14(21-20(25)18-9-8-15(2)26-18)12-19(24)22-16-6-5-7-17(13-16)23-10-3-4-11-23/h5-9,13-14H,3-4,10-12H2,1-2H3,(H,21,25)(H,22,24). The van der Waals surface area contributed by atoms with Crippen LogP contribution in [-0.2, 0) is 4.79 Å². The van der Waals surface area contributed by atoms with Crippen LogP contribution in [0.15, 0.2) is 40.8 Å². The Labute approximate surface area is 153 Å². The lowest BCUT2D eigenvalue weighted by Crippen LogP contribution is -2.35. The summed E-state index contributed by atoms with van der Waals surface area (Å²) in [5.41, 5.74) is 1.91. The Morgan fingerprint density at radius 1 is 1.19 bits per heavy atom. The highest BCUT2D eigenvalue weighted by Gasteiger charge is 2.16. The molecule has 1 fully saturated rings. The minimum absolute atomic E-state index is 0.132. The molecule has 2 heterocycles. The van der Waals surface area contributed by atoms with E-state index in [-0.39, 0.29) is 30.0 Å². The maximum Gasteiger partial charge on any atom is 0.287 e. The van der Waals surface area contributed by atoms with E-state index in [4.69, 9.17) is 4.42 Å². The molecule has 2 aromatic rings. The van der Waals surface area contributed by atoms with Crippen LogP contribution in [0.3, 0.4) is 0 Å². The van der Waals surface area contributed by atoms with Crippen molar-refractivity contribution in [1.29, 1.82) is 0 Å². The highest BCUT2D eigenvalue weighted by molar-refractivity contribution is 5.94. The van der Waals surface area contributed by atoms with Crippen LogP contribution in [0, 0.1) is 6.92 Å². The van der Waals surface area contributed by atoms with Gasteiger partial charge in [0.25, 0.3) is 5.91 Å². The van der Waals surface area contributed by atoms with Gasteiger partial charge in [0, 0.05) is 36.9 Å². The molecule has 6 nitrogen and oxygen atoms in total. The van der Waals surface area contributed by atoms with E-state index < -0.39 is 0 Å². The molecule has 1 saturated heterocycles. The quantitative estimate of drug-likeness (QED) is 0.833. The van der Waals surface area contributed by atoms with Crippen molar-refractivity contribution in [3.05, 3.63) is 47.9 Å². The Bertz CT molecular complexity index is 778. The molecular formula is C20H25N3O3. The third-order valence-electron chi connectivity index (χ3n) is 4.43. The summed E-state index contributed by atoms with van der Waals surface area (Å²) in [6.45, 7) is 5.71. The molecular weight excluding hydrogens is 330 g/mol. The molecule has 0 radical (unpaired) electrons. The lowest BCUT2D eigenvalue weighted by molar-refractivity contribution is -0.116. The molecule has 1 aromatic carbocycles. The van der Waals surface area contributed by atoms with Crippen molar-refractivity contribution < 1.29 is 14.0 Å². The van der Waals surface area contributed by atoms with Crippen LogP contribution in [0.4, 0.5) is 11.4 Å². The third-order valence-corrected chi connectivity index (χ3v) is 4.43. The number of carbonyl (C=O) groups is 2. The summed E-state index contributed by atoms with van der Waals surface area (Å²) in [5, 5.41) is 5.69. The molecule has 1 aromatic heterocycles. The summed E-state index contributed by atoms with van der Waals surface area (Å²) in [5.74, 6) is 0.493. The molecule has 0 saturated carbocycles. The van der Waals surface area contributed by atoms with Gasteiger partial charge in [-0.3, -0.25) is 9.59 Å². The topological polar surface area (TPSA) is 74.6 Å². The molecule has 2 N–H and O–H groups in total. The molecule has 26 heavy (non-hydrogen) atoms. The molecule has 1 atom stereocenters. The van der Waals surface area contributed by atoms with E-state index in [1.165, 1.54) is 12.8 Å². The summed E-state index contributed by atoms with van der Waals surface area (Å²) in [4.78, 5) is 26.7. The smallest absolute Gasteiger partial charge is 0.287 e. The number of nitrogens with one attached hydrogen (secondary N) is 2. The largest absolute Gasteiger partial charge is 0.456 e. The number of rotatable bonds is 6. The molecule has 1 aliphatic heterocycles. The minimum atomic E-state index is -0.311. The van der Waals surface area contributed by atoms with Gasteiger partial charge in [0.15, 0.2) is 5.76 Å². The summed E-state index contributed by atoms with van der Waals surface area (Å²) >= 11 is 0. The first kappa shape index (κ1) is 18.0. The SMILES string of the molecule is Cc1ccc(C(=O)NC(C)CC(=O)Nc2cccc(N3CCCC3)c2)o1. The zero-order valence-electron chi connectivity index (χ0n) is 15.2. The van der Waals surface area contributed by atoms with Crippen LogP contribution in [0.2, 0.25) is 0 Å². The van der Waals surface area contributed by atoms with Crippen molar-refractivity contribution >= 4 is 23.2 Å². The fourth-order valence-electron chi connectivity index (χ4n) is 3.15. The number of hydrogen-bond acceptors (Lipinski definition) is 4. The lowest BCUT2D eigenvalue weighted by atomic mass is 10.2. The normalized spacial score (nSPS) is 14.9. The molecule has 1 aliphatic rings. The highest BCUT2D eigenvalue weighted by Crippen LogP contribution is 2.23. The summed E-state index contributed by atoms with van der Waals surface area (Å²) in [6.07, 6.45) is 2.62. The predicted octanol–water partition coefficient (Wildman–Crippen LogP) is 3.34. The van der Waals surface area contributed by atoms with E-state index in [9.17, 15) is 9.59 Å². The van der Waals surface area contributed by atoms with E-state index in [2.05, 4.69) is 21.6 Å². The number of furan rings is 1. The number of nitrogens with zero attached hydrogens (tertiary/aromatic N) is 1. The molecule has 2 amide bonds. The first-order valence-corrected chi connectivity index (χ1v) is 9.03. The van der Waals surface area contributed by atoms with Gasteiger partial charge in [-0.05, 0) is 57.0 Å². The fourth-order valence-corrected chi connectivity index (χ4v) is 3.15. The molecule has 0 bridgehead atoms. The van der Waals surface area contributed by atoms with Gasteiger partial charge < -0.3 is 20.0 Å². The number of carbonyl (C=O) groups excluding carboxylic acids is 2. The fraction of sp³-hybridized carbons (Fsp3) is 0.400. The minimum Gasteiger partial charge on any atom is -0.456 e. The van der Waals surface area contributed by atoms with Gasteiger partial charge in [-0.1, -0.05) is 6.07 Å². The zero-order valence-corrected chi connectivity index (χ0v) is 15.2. The molecule has 1 unspecified atom stereocenters. The molecule has 3 rings (SSSR count). The highest BCUT2D eigenvalue weighted by atomic mass is 16.3. The van der Waals surface area contributed by atoms with E-state index in [0.29, 0.717) is 5.76 Å². The first-order chi connectivity index (χ1) is 12.5. The second kappa shape index (κ2) is 8.08. The summed E-state index contributed by atoms with van der Waals surface area (Å²) in [6, 6.07) is 11.0. The third kappa shape index (κ3) is 4.65. The zero-order chi connectivity index (χ0) is 18.5. The number of benzene rings is 1. The number of anilines is 2. The monoisotopic (exact) mass is 355 g/mol. The van der Waals surface area contributed by atoms with Gasteiger partial charge in [0.2, 0.25) is 5.91 Å². The average Bonchev–Trinajstić information content (AvgIpc) is 3.26. The van der Waals surface area contributed by atoms with Gasteiger partial charge in [0.1, 0.15) is 5.76 Å². The van der Waals surface area contributed by atoms with Gasteiger partial charge in [-0.15, -0.1) is 0 Å². The van der Waals surface area contributed by atoms with Crippen LogP contribution < -0.4 is 15.5 Å². The number of hydrogen-bond donors (Lipinski definition) is 2. The van der Waals surface area contributed by atoms with Crippen molar-refractivity contribution in [3.63, 3.8) is 0 Å². The van der Waals surface area contributed by atoms with Gasteiger partial charge in [-0.2, -0.15) is 0 Å². The Morgan fingerprint density at radius 3 is 2.65 bits per heavy atom. The first-order valence-electron chi connectivity index (χ1n) is 9.03. The Hall–Kier alpha value is -2.76. The van der Waals surface area contributed by atoms with Crippen LogP contribution in [0.5, 0.6) is 0 Å². The predicted molar refractivity (Wildman–Crippen MR) is 102 cm³/mol. The Balaban J connectivity index is 1.51. The maximum atomic E-state index is 12.3. The summed E-state index contributed by atoms with van der Waals surface area (Å²) < 4.78 is 5.29. The second-order valence-corrected chi connectivity index (χ2v) is 6.78. The second-order valence-electron chi connectivity index (χ2n) is 6.78. The van der Waals surface area contributed by atoms with Gasteiger partial charge in [-0.25, -0.2) is 0 Å². The Morgan fingerprint density at radius 2 is 1.96 bits per heavy atom. The number of amides is 2. The molecule has 0 aliphatic carbocycles. The van der Waals surface area contributed by atoms with E-state index in [0.717, 1.165) is 24.5 Å². The van der Waals surface area contributed by atoms with Crippen LogP contribution >= 0.6 is 0 Å². The average molecular weight is 355 g/mol. The van der Waals surface area contributed by atoms with E-state index in [1.54, 1.807) is 26.0 Å². The van der Waals surface area contributed by atoms with Crippen LogP contribution in [0.1, 0.15) is 42.5 Å². The van der Waals surface area contributed by atoms with Crippen molar-refractivity contribution in [3.8, 4) is 0 Å². The lowest BCUT2D eigenvalue weighted by Gasteiger charge is -2.19. The molecule has 138 valence electrons. The molecule has 0 spiro atoms. The van der Waals surface area contributed by atoms with Crippen molar-refractivity contribution in [2.75, 3.05) is 23.3 Å². The van der Waals surface area contributed by atoms with Crippen LogP contribution in [-0.4, -0.2) is 30.9 Å².